The van der Waals surface area contributed by atoms with Gasteiger partial charge in [-0.05, 0) is 29.8 Å². The van der Waals surface area contributed by atoms with Crippen molar-refractivity contribution in [1.29, 1.82) is 0 Å². The van der Waals surface area contributed by atoms with Crippen LogP contribution in [0.15, 0.2) is 46.9 Å². The minimum atomic E-state index is -0.949. The molecule has 124 valence electrons. The number of nitrogens with zero attached hydrogens (tertiary/aromatic N) is 2. The Bertz CT molecular complexity index is 810. The quantitative estimate of drug-likeness (QED) is 0.730. The lowest BCUT2D eigenvalue weighted by Crippen LogP contribution is -2.34. The van der Waals surface area contributed by atoms with Crippen LogP contribution in [0.2, 0.25) is 10.0 Å². The van der Waals surface area contributed by atoms with E-state index in [0.29, 0.717) is 10.6 Å². The van der Waals surface area contributed by atoms with E-state index in [1.807, 2.05) is 0 Å². The fraction of sp³-hybridized carbons (Fsp3) is 0.125. The molecule has 1 atom stereocenters. The lowest BCUT2D eigenvalue weighted by atomic mass is 10.1. The van der Waals surface area contributed by atoms with Crippen molar-refractivity contribution in [1.82, 2.24) is 9.96 Å². The molecule has 1 saturated heterocycles. The van der Waals surface area contributed by atoms with Crippen LogP contribution >= 0.6 is 39.1 Å². The number of hydroxylamine groups is 2. The first-order valence-corrected chi connectivity index (χ1v) is 8.46. The lowest BCUT2D eigenvalue weighted by molar-refractivity contribution is -0.168. The van der Waals surface area contributed by atoms with Crippen molar-refractivity contribution in [3.8, 4) is 0 Å². The number of halogens is 3. The van der Waals surface area contributed by atoms with Crippen LogP contribution in [-0.4, -0.2) is 33.5 Å². The van der Waals surface area contributed by atoms with E-state index in [1.54, 1.807) is 42.5 Å². The maximum Gasteiger partial charge on any atom is 0.267 e. The molecule has 1 N–H and O–H groups in total. The third-order valence-corrected chi connectivity index (χ3v) is 4.80. The Balaban J connectivity index is 2.05. The van der Waals surface area contributed by atoms with Crippen molar-refractivity contribution in [2.24, 2.45) is 0 Å². The van der Waals surface area contributed by atoms with Crippen LogP contribution in [0.1, 0.15) is 22.1 Å². The minimum absolute atomic E-state index is 0.101. The Morgan fingerprint density at radius 1 is 1.17 bits per heavy atom. The number of carbonyl (C=O) groups is 2. The SMILES string of the molecule is O=C1CN(C(=O)c2c(Cl)cccc2Cl)C(c2cccc(Br)c2)N1O. The molecule has 1 fully saturated rings. The molecule has 2 aromatic carbocycles. The summed E-state index contributed by atoms with van der Waals surface area (Å²) in [4.78, 5) is 26.1. The third kappa shape index (κ3) is 3.02. The highest BCUT2D eigenvalue weighted by Crippen LogP contribution is 2.34. The molecule has 0 aliphatic carbocycles. The second kappa shape index (κ2) is 6.72. The monoisotopic (exact) mass is 428 g/mol. The molecule has 1 unspecified atom stereocenters. The molecule has 1 heterocycles. The zero-order valence-electron chi connectivity index (χ0n) is 12.1. The summed E-state index contributed by atoms with van der Waals surface area (Å²) in [6.07, 6.45) is -0.949. The number of benzene rings is 2. The number of hydrogen-bond donors (Lipinski definition) is 1. The Hall–Kier alpha value is -1.60. The van der Waals surface area contributed by atoms with Gasteiger partial charge in [0.15, 0.2) is 6.17 Å². The van der Waals surface area contributed by atoms with Gasteiger partial charge in [0.25, 0.3) is 11.8 Å². The molecule has 1 aliphatic heterocycles. The van der Waals surface area contributed by atoms with Crippen molar-refractivity contribution in [2.75, 3.05) is 6.54 Å². The number of amides is 2. The van der Waals surface area contributed by atoms with Crippen molar-refractivity contribution in [3.05, 3.63) is 68.1 Å². The van der Waals surface area contributed by atoms with Gasteiger partial charge in [0.1, 0.15) is 6.54 Å². The van der Waals surface area contributed by atoms with Gasteiger partial charge in [0, 0.05) is 4.47 Å². The summed E-state index contributed by atoms with van der Waals surface area (Å²) in [7, 11) is 0. The molecule has 1 aliphatic rings. The van der Waals surface area contributed by atoms with E-state index in [0.717, 1.165) is 4.47 Å². The van der Waals surface area contributed by atoms with Gasteiger partial charge in [-0.2, -0.15) is 5.06 Å². The van der Waals surface area contributed by atoms with Gasteiger partial charge in [-0.25, -0.2) is 0 Å². The van der Waals surface area contributed by atoms with E-state index in [1.165, 1.54) is 4.90 Å². The third-order valence-electron chi connectivity index (χ3n) is 3.67. The van der Waals surface area contributed by atoms with Gasteiger partial charge in [-0.3, -0.25) is 14.8 Å². The largest absolute Gasteiger partial charge is 0.302 e. The molecule has 2 aromatic rings. The smallest absolute Gasteiger partial charge is 0.267 e. The zero-order valence-corrected chi connectivity index (χ0v) is 15.2. The molecule has 0 bridgehead atoms. The van der Waals surface area contributed by atoms with Crippen LogP contribution in [0.5, 0.6) is 0 Å². The maximum atomic E-state index is 12.9. The van der Waals surface area contributed by atoms with Crippen LogP contribution in [0.4, 0.5) is 0 Å². The van der Waals surface area contributed by atoms with Crippen molar-refractivity contribution < 1.29 is 14.8 Å². The summed E-state index contributed by atoms with van der Waals surface area (Å²) < 4.78 is 0.760. The maximum absolute atomic E-state index is 12.9. The average Bonchev–Trinajstić information content (AvgIpc) is 2.82. The number of hydrogen-bond acceptors (Lipinski definition) is 3. The average molecular weight is 430 g/mol. The minimum Gasteiger partial charge on any atom is -0.302 e. The zero-order chi connectivity index (χ0) is 17.4. The van der Waals surface area contributed by atoms with Crippen LogP contribution in [-0.2, 0) is 4.79 Å². The Morgan fingerprint density at radius 2 is 1.79 bits per heavy atom. The standard InChI is InChI=1S/C16H11BrCl2N2O3/c17-10-4-1-3-9(7-10)15-20(8-13(22)21(15)24)16(23)14-11(18)5-2-6-12(14)19/h1-7,15,24H,8H2. The molecular formula is C16H11BrCl2N2O3. The molecule has 0 aromatic heterocycles. The van der Waals surface area contributed by atoms with Crippen LogP contribution in [0.25, 0.3) is 0 Å². The normalized spacial score (nSPS) is 17.5. The fourth-order valence-corrected chi connectivity index (χ4v) is 3.57. The molecule has 3 rings (SSSR count). The van der Waals surface area contributed by atoms with Crippen molar-refractivity contribution >= 4 is 50.9 Å². The second-order valence-electron chi connectivity index (χ2n) is 5.20. The first kappa shape index (κ1) is 17.2. The van der Waals surface area contributed by atoms with Crippen LogP contribution in [0, 0.1) is 0 Å². The van der Waals surface area contributed by atoms with Gasteiger partial charge in [-0.1, -0.05) is 57.3 Å². The van der Waals surface area contributed by atoms with E-state index in [4.69, 9.17) is 23.2 Å². The van der Waals surface area contributed by atoms with E-state index in [2.05, 4.69) is 15.9 Å². The Labute approximate surface area is 156 Å². The first-order chi connectivity index (χ1) is 11.4. The van der Waals surface area contributed by atoms with E-state index >= 15 is 0 Å². The Morgan fingerprint density at radius 3 is 2.42 bits per heavy atom. The van der Waals surface area contributed by atoms with Gasteiger partial charge in [-0.15, -0.1) is 0 Å². The highest BCUT2D eigenvalue weighted by atomic mass is 79.9. The van der Waals surface area contributed by atoms with Gasteiger partial charge in [0.2, 0.25) is 0 Å². The Kier molecular flexibility index (Phi) is 4.83. The fourth-order valence-electron chi connectivity index (χ4n) is 2.59. The molecule has 5 nitrogen and oxygen atoms in total. The molecule has 8 heteroatoms. The molecule has 0 spiro atoms. The molecule has 0 saturated carbocycles. The predicted molar refractivity (Wildman–Crippen MR) is 93.0 cm³/mol. The highest BCUT2D eigenvalue weighted by Gasteiger charge is 2.42. The van der Waals surface area contributed by atoms with Gasteiger partial charge in [0.05, 0.1) is 15.6 Å². The van der Waals surface area contributed by atoms with E-state index in [-0.39, 0.29) is 22.2 Å². The molecule has 24 heavy (non-hydrogen) atoms. The summed E-state index contributed by atoms with van der Waals surface area (Å²) in [5, 5.41) is 11.0. The molecule has 2 amide bonds. The summed E-state index contributed by atoms with van der Waals surface area (Å²) in [5.74, 6) is -1.11. The highest BCUT2D eigenvalue weighted by molar-refractivity contribution is 9.10. The lowest BCUT2D eigenvalue weighted by Gasteiger charge is -2.27. The van der Waals surface area contributed by atoms with Crippen LogP contribution in [0.3, 0.4) is 0 Å². The van der Waals surface area contributed by atoms with Crippen molar-refractivity contribution in [2.45, 2.75) is 6.17 Å². The summed E-state index contributed by atoms with van der Waals surface area (Å²) in [5.41, 5.74) is 0.679. The molecular weight excluding hydrogens is 419 g/mol. The number of carbonyl (C=O) groups excluding carboxylic acids is 2. The first-order valence-electron chi connectivity index (χ1n) is 6.91. The predicted octanol–water partition coefficient (Wildman–Crippen LogP) is 4.13. The number of rotatable bonds is 2. The summed E-state index contributed by atoms with van der Waals surface area (Å²) in [6.45, 7) is -0.270. The second-order valence-corrected chi connectivity index (χ2v) is 6.93. The van der Waals surface area contributed by atoms with E-state index < -0.39 is 18.0 Å². The van der Waals surface area contributed by atoms with E-state index in [9.17, 15) is 14.8 Å². The van der Waals surface area contributed by atoms with Gasteiger partial charge >= 0.3 is 0 Å². The molecule has 0 radical (unpaired) electrons. The topological polar surface area (TPSA) is 60.9 Å². The van der Waals surface area contributed by atoms with Gasteiger partial charge < -0.3 is 4.90 Å². The summed E-state index contributed by atoms with van der Waals surface area (Å²) in [6, 6.07) is 11.7. The van der Waals surface area contributed by atoms with Crippen LogP contribution < -0.4 is 0 Å². The summed E-state index contributed by atoms with van der Waals surface area (Å²) >= 11 is 15.5. The van der Waals surface area contributed by atoms with Crippen molar-refractivity contribution in [3.63, 3.8) is 0 Å².